The van der Waals surface area contributed by atoms with Crippen LogP contribution in [0.4, 0.5) is 26.3 Å². The maximum atomic E-state index is 13.5. The Hall–Kier alpha value is -4.66. The summed E-state index contributed by atoms with van der Waals surface area (Å²) in [6.45, 7) is 1.38. The Morgan fingerprint density at radius 3 is 2.28 bits per heavy atom. The number of aryl methyl sites for hydroxylation is 1. The van der Waals surface area contributed by atoms with Gasteiger partial charge >= 0.3 is 12.5 Å². The zero-order chi connectivity index (χ0) is 31.2. The average molecular weight is 622 g/mol. The summed E-state index contributed by atoms with van der Waals surface area (Å²) < 4.78 is 111. The van der Waals surface area contributed by atoms with Crippen molar-refractivity contribution in [3.05, 3.63) is 102 Å². The maximum Gasteiger partial charge on any atom is 0.573 e. The minimum atomic E-state index is -4.94. The molecule has 5 aromatic rings. The molecule has 0 N–H and O–H groups in total. The molecule has 0 aliphatic rings. The number of aromatic nitrogens is 5. The number of hydrogen-bond acceptors (Lipinski definition) is 6. The number of alkyl halides is 6. The van der Waals surface area contributed by atoms with Crippen LogP contribution in [0, 0.1) is 6.92 Å². The van der Waals surface area contributed by atoms with Gasteiger partial charge in [-0.05, 0) is 48.4 Å². The highest BCUT2D eigenvalue weighted by molar-refractivity contribution is 7.90. The van der Waals surface area contributed by atoms with Crippen LogP contribution >= 0.6 is 0 Å². The van der Waals surface area contributed by atoms with Crippen molar-refractivity contribution in [1.82, 2.24) is 24.5 Å². The molecule has 0 atom stereocenters. The highest BCUT2D eigenvalue weighted by Gasteiger charge is 2.35. The van der Waals surface area contributed by atoms with Crippen molar-refractivity contribution in [1.29, 1.82) is 0 Å². The van der Waals surface area contributed by atoms with Crippen molar-refractivity contribution in [3.8, 4) is 28.3 Å². The number of halogens is 6. The summed E-state index contributed by atoms with van der Waals surface area (Å²) in [5, 5.41) is 8.02. The van der Waals surface area contributed by atoms with Gasteiger partial charge in [0.2, 0.25) is 0 Å². The monoisotopic (exact) mass is 621 g/mol. The van der Waals surface area contributed by atoms with Gasteiger partial charge in [0.15, 0.2) is 15.5 Å². The number of hydrogen-bond donors (Lipinski definition) is 0. The zero-order valence-corrected chi connectivity index (χ0v) is 23.2. The molecule has 224 valence electrons. The third-order valence-electron chi connectivity index (χ3n) is 6.42. The lowest BCUT2D eigenvalue weighted by Crippen LogP contribution is -2.18. The fourth-order valence-electron chi connectivity index (χ4n) is 4.48. The first-order valence-corrected chi connectivity index (χ1v) is 14.3. The van der Waals surface area contributed by atoms with Gasteiger partial charge in [-0.2, -0.15) is 13.2 Å². The predicted molar refractivity (Wildman–Crippen MR) is 143 cm³/mol. The van der Waals surface area contributed by atoms with Crippen LogP contribution in [-0.2, 0) is 22.4 Å². The van der Waals surface area contributed by atoms with E-state index in [-0.39, 0.29) is 39.8 Å². The van der Waals surface area contributed by atoms with E-state index < -0.39 is 33.8 Å². The molecular weight excluding hydrogens is 600 g/mol. The van der Waals surface area contributed by atoms with Gasteiger partial charge in [-0.3, -0.25) is 0 Å². The number of imidazole rings is 1. The van der Waals surface area contributed by atoms with E-state index in [0.717, 1.165) is 18.5 Å². The third-order valence-corrected chi connectivity index (χ3v) is 7.53. The zero-order valence-electron chi connectivity index (χ0n) is 22.3. The number of rotatable bonds is 7. The van der Waals surface area contributed by atoms with Crippen LogP contribution < -0.4 is 4.74 Å². The molecule has 5 rings (SSSR count). The molecule has 3 aromatic carbocycles. The third kappa shape index (κ3) is 6.56. The van der Waals surface area contributed by atoms with E-state index in [0.29, 0.717) is 11.1 Å². The summed E-state index contributed by atoms with van der Waals surface area (Å²) >= 11 is 0. The SMILES string of the molecule is Cc1nc(C(F)(F)F)cn1-c1ccc(-c2cccc(S(C)(=O)=O)c2)cc1-n1nncc1Cc1ccccc1OC(F)(F)F. The fraction of sp³-hybridized carbons (Fsp3) is 0.179. The minimum Gasteiger partial charge on any atom is -0.405 e. The number of para-hydroxylation sites is 1. The molecule has 0 aliphatic heterocycles. The van der Waals surface area contributed by atoms with Gasteiger partial charge in [-0.1, -0.05) is 41.6 Å². The molecule has 0 bridgehead atoms. The smallest absolute Gasteiger partial charge is 0.405 e. The van der Waals surface area contributed by atoms with Crippen molar-refractivity contribution in [2.75, 3.05) is 6.26 Å². The second-order valence-corrected chi connectivity index (χ2v) is 11.5. The van der Waals surface area contributed by atoms with Gasteiger partial charge < -0.3 is 9.30 Å². The van der Waals surface area contributed by atoms with E-state index in [1.165, 1.54) is 58.8 Å². The lowest BCUT2D eigenvalue weighted by Gasteiger charge is -2.17. The molecule has 43 heavy (non-hydrogen) atoms. The number of nitrogens with zero attached hydrogens (tertiary/aromatic N) is 5. The molecule has 0 radical (unpaired) electrons. The second-order valence-electron chi connectivity index (χ2n) is 9.51. The molecule has 0 amide bonds. The van der Waals surface area contributed by atoms with E-state index in [4.69, 9.17) is 0 Å². The van der Waals surface area contributed by atoms with Crippen LogP contribution in [0.15, 0.2) is 84.0 Å². The molecule has 15 heteroatoms. The van der Waals surface area contributed by atoms with Crippen molar-refractivity contribution in [2.24, 2.45) is 0 Å². The standard InChI is InChI=1S/C28H21F6N5O3S/c1-17-36-26(27(29,30)31)16-38(17)23-11-10-19(18-7-5-8-22(13-18)43(2,40)41)14-24(23)39-21(15-35-37-39)12-20-6-3-4-9-25(20)42-28(32,33)34/h3-11,13-16H,12H2,1-2H3. The molecule has 2 aromatic heterocycles. The molecule has 0 saturated heterocycles. The fourth-order valence-corrected chi connectivity index (χ4v) is 5.15. The Kier molecular flexibility index (Phi) is 7.54. The quantitative estimate of drug-likeness (QED) is 0.197. The van der Waals surface area contributed by atoms with Crippen LogP contribution in [0.1, 0.15) is 22.8 Å². The lowest BCUT2D eigenvalue weighted by molar-refractivity contribution is -0.274. The topological polar surface area (TPSA) is 91.9 Å². The Morgan fingerprint density at radius 1 is 0.884 bits per heavy atom. The van der Waals surface area contributed by atoms with Crippen molar-refractivity contribution in [2.45, 2.75) is 30.8 Å². The van der Waals surface area contributed by atoms with E-state index in [9.17, 15) is 34.8 Å². The van der Waals surface area contributed by atoms with E-state index in [2.05, 4.69) is 20.0 Å². The van der Waals surface area contributed by atoms with Gasteiger partial charge in [-0.15, -0.1) is 18.3 Å². The first-order valence-electron chi connectivity index (χ1n) is 12.4. The maximum absolute atomic E-state index is 13.5. The van der Waals surface area contributed by atoms with E-state index >= 15 is 0 Å². The molecular formula is C28H21F6N5O3S. The van der Waals surface area contributed by atoms with Crippen molar-refractivity contribution >= 4 is 9.84 Å². The number of sulfone groups is 1. The Morgan fingerprint density at radius 2 is 1.60 bits per heavy atom. The Labute approximate surface area is 241 Å². The van der Waals surface area contributed by atoms with Gasteiger partial charge in [0, 0.05) is 24.4 Å². The normalized spacial score (nSPS) is 12.5. The summed E-state index contributed by atoms with van der Waals surface area (Å²) in [5.74, 6) is -0.430. The van der Waals surface area contributed by atoms with Crippen LogP contribution in [-0.4, -0.2) is 45.6 Å². The molecule has 0 fully saturated rings. The van der Waals surface area contributed by atoms with Crippen LogP contribution in [0.5, 0.6) is 5.75 Å². The number of ether oxygens (including phenoxy) is 1. The van der Waals surface area contributed by atoms with Gasteiger partial charge in [0.25, 0.3) is 0 Å². The molecule has 0 unspecified atom stereocenters. The summed E-state index contributed by atoms with van der Waals surface area (Å²) in [5.41, 5.74) is 0.696. The molecule has 0 spiro atoms. The highest BCUT2D eigenvalue weighted by Crippen LogP contribution is 2.34. The largest absolute Gasteiger partial charge is 0.573 e. The first kappa shape index (κ1) is 29.8. The average Bonchev–Trinajstić information content (AvgIpc) is 3.54. The lowest BCUT2D eigenvalue weighted by atomic mass is 10.0. The van der Waals surface area contributed by atoms with E-state index in [1.54, 1.807) is 24.3 Å². The molecule has 8 nitrogen and oxygen atoms in total. The first-order chi connectivity index (χ1) is 20.1. The second kappa shape index (κ2) is 10.9. The summed E-state index contributed by atoms with van der Waals surface area (Å²) in [6, 6.07) is 16.3. The minimum absolute atomic E-state index is 0.00554. The summed E-state index contributed by atoms with van der Waals surface area (Å²) in [7, 11) is -3.55. The van der Waals surface area contributed by atoms with E-state index in [1.807, 2.05) is 0 Å². The van der Waals surface area contributed by atoms with Gasteiger partial charge in [-0.25, -0.2) is 18.1 Å². The summed E-state index contributed by atoms with van der Waals surface area (Å²) in [6.07, 6.45) is -6.60. The molecule has 2 heterocycles. The van der Waals surface area contributed by atoms with Gasteiger partial charge in [0.1, 0.15) is 11.6 Å². The Balaban J connectivity index is 1.68. The predicted octanol–water partition coefficient (Wildman–Crippen LogP) is 6.34. The van der Waals surface area contributed by atoms with Crippen molar-refractivity contribution in [3.63, 3.8) is 0 Å². The van der Waals surface area contributed by atoms with Gasteiger partial charge in [0.05, 0.1) is 28.2 Å². The number of benzene rings is 3. The van der Waals surface area contributed by atoms with Crippen LogP contribution in [0.2, 0.25) is 0 Å². The van der Waals surface area contributed by atoms with Crippen LogP contribution in [0.25, 0.3) is 22.5 Å². The highest BCUT2D eigenvalue weighted by atomic mass is 32.2. The summed E-state index contributed by atoms with van der Waals surface area (Å²) in [4.78, 5) is 3.69. The molecule has 0 aliphatic carbocycles. The van der Waals surface area contributed by atoms with Crippen molar-refractivity contribution < 1.29 is 39.5 Å². The molecule has 0 saturated carbocycles. The Bertz CT molecular complexity index is 1910. The van der Waals surface area contributed by atoms with Crippen LogP contribution in [0.3, 0.4) is 0 Å².